The van der Waals surface area contributed by atoms with Crippen LogP contribution in [0.3, 0.4) is 0 Å². The van der Waals surface area contributed by atoms with Gasteiger partial charge in [-0.2, -0.15) is 0 Å². The van der Waals surface area contributed by atoms with Crippen LogP contribution in [0, 0.1) is 0 Å². The lowest BCUT2D eigenvalue weighted by Crippen LogP contribution is -2.33. The van der Waals surface area contributed by atoms with Gasteiger partial charge in [0.25, 0.3) is 0 Å². The molecule has 0 saturated carbocycles. The van der Waals surface area contributed by atoms with Gasteiger partial charge in [0, 0.05) is 22.5 Å². The Balaban J connectivity index is 0.00000112. The molecule has 1 N–H and O–H groups in total. The van der Waals surface area contributed by atoms with Gasteiger partial charge in [-0.15, -0.1) is 12.4 Å². The average Bonchev–Trinajstić information content (AvgIpc) is 2.30. The highest BCUT2D eigenvalue weighted by Gasteiger charge is 2.20. The van der Waals surface area contributed by atoms with E-state index in [2.05, 4.69) is 10.3 Å². The molecule has 0 bridgehead atoms. The Morgan fingerprint density at radius 3 is 2.47 bits per heavy atom. The van der Waals surface area contributed by atoms with E-state index >= 15 is 0 Å². The summed E-state index contributed by atoms with van der Waals surface area (Å²) in [6.45, 7) is 1.98. The molecule has 84 valence electrons. The predicted molar refractivity (Wildman–Crippen MR) is 63.8 cm³/mol. The van der Waals surface area contributed by atoms with Gasteiger partial charge >= 0.3 is 0 Å². The van der Waals surface area contributed by atoms with E-state index in [0.717, 1.165) is 30.8 Å². The quantitative estimate of drug-likeness (QED) is 0.857. The summed E-state index contributed by atoms with van der Waals surface area (Å²) in [4.78, 5) is 4.84. The first-order valence-electron chi connectivity index (χ1n) is 4.89. The third-order valence-corrected chi connectivity index (χ3v) is 4.28. The highest BCUT2D eigenvalue weighted by atomic mass is 35.5. The third kappa shape index (κ3) is 3.26. The van der Waals surface area contributed by atoms with Crippen molar-refractivity contribution in [3.63, 3.8) is 0 Å². The van der Waals surface area contributed by atoms with Gasteiger partial charge in [-0.05, 0) is 38.1 Å². The summed E-state index contributed by atoms with van der Waals surface area (Å²) >= 11 is 0. The largest absolute Gasteiger partial charge is 0.317 e. The van der Waals surface area contributed by atoms with Gasteiger partial charge in [-0.25, -0.2) is 0 Å². The van der Waals surface area contributed by atoms with E-state index < -0.39 is 10.8 Å². The number of nitrogens with one attached hydrogen (secondary N) is 1. The second kappa shape index (κ2) is 6.20. The molecule has 2 rings (SSSR count). The second-order valence-electron chi connectivity index (χ2n) is 3.43. The summed E-state index contributed by atoms with van der Waals surface area (Å²) in [6.07, 6.45) is 5.42. The number of nitrogens with zero attached hydrogens (tertiary/aromatic N) is 1. The van der Waals surface area contributed by atoms with E-state index in [1.54, 1.807) is 12.4 Å². The van der Waals surface area contributed by atoms with Gasteiger partial charge in [-0.3, -0.25) is 9.19 Å². The van der Waals surface area contributed by atoms with Crippen molar-refractivity contribution >= 4 is 23.2 Å². The number of hydrogen-bond acceptors (Lipinski definition) is 3. The van der Waals surface area contributed by atoms with Gasteiger partial charge < -0.3 is 5.32 Å². The second-order valence-corrected chi connectivity index (χ2v) is 5.16. The zero-order valence-corrected chi connectivity index (χ0v) is 10.0. The normalized spacial score (nSPS) is 19.2. The fourth-order valence-electron chi connectivity index (χ4n) is 1.67. The number of pyridine rings is 1. The molecule has 0 aliphatic carbocycles. The molecule has 0 amide bonds. The molecular formula is C10H15ClN2OS. The van der Waals surface area contributed by atoms with Crippen LogP contribution in [-0.2, 0) is 10.8 Å². The molecule has 15 heavy (non-hydrogen) atoms. The molecular weight excluding hydrogens is 232 g/mol. The summed E-state index contributed by atoms with van der Waals surface area (Å²) in [5.74, 6) is 0. The minimum Gasteiger partial charge on any atom is -0.317 e. The van der Waals surface area contributed by atoms with E-state index in [0.29, 0.717) is 5.25 Å². The Kier molecular flexibility index (Phi) is 5.22. The molecule has 1 saturated heterocycles. The van der Waals surface area contributed by atoms with Crippen LogP contribution < -0.4 is 5.32 Å². The highest BCUT2D eigenvalue weighted by molar-refractivity contribution is 7.85. The van der Waals surface area contributed by atoms with Crippen LogP contribution in [-0.4, -0.2) is 27.5 Å². The van der Waals surface area contributed by atoms with Gasteiger partial charge in [0.05, 0.1) is 10.8 Å². The maximum atomic E-state index is 12.1. The molecule has 1 fully saturated rings. The van der Waals surface area contributed by atoms with Crippen molar-refractivity contribution in [1.29, 1.82) is 0 Å². The maximum absolute atomic E-state index is 12.1. The molecule has 0 spiro atoms. The third-order valence-electron chi connectivity index (χ3n) is 2.47. The summed E-state index contributed by atoms with van der Waals surface area (Å²) in [5.41, 5.74) is 0. The van der Waals surface area contributed by atoms with Crippen molar-refractivity contribution in [3.8, 4) is 0 Å². The molecule has 2 heterocycles. The molecule has 1 atom stereocenters. The van der Waals surface area contributed by atoms with E-state index in [1.165, 1.54) is 0 Å². The van der Waals surface area contributed by atoms with Crippen molar-refractivity contribution in [2.24, 2.45) is 0 Å². The minimum absolute atomic E-state index is 0. The number of halogens is 1. The van der Waals surface area contributed by atoms with Crippen molar-refractivity contribution in [2.75, 3.05) is 13.1 Å². The first kappa shape index (κ1) is 12.6. The van der Waals surface area contributed by atoms with Crippen LogP contribution in [0.25, 0.3) is 0 Å². The number of hydrogen-bond donors (Lipinski definition) is 1. The zero-order valence-electron chi connectivity index (χ0n) is 8.39. The number of rotatable bonds is 2. The average molecular weight is 247 g/mol. The molecule has 1 aromatic heterocycles. The molecule has 1 aliphatic rings. The molecule has 0 aromatic carbocycles. The van der Waals surface area contributed by atoms with Gasteiger partial charge in [0.2, 0.25) is 0 Å². The Bertz CT molecular complexity index is 314. The van der Waals surface area contributed by atoms with Crippen molar-refractivity contribution in [1.82, 2.24) is 10.3 Å². The van der Waals surface area contributed by atoms with Crippen LogP contribution in [0.5, 0.6) is 0 Å². The first-order chi connectivity index (χ1) is 6.88. The van der Waals surface area contributed by atoms with Gasteiger partial charge in [0.15, 0.2) is 0 Å². The Labute approximate surface area is 98.5 Å². The lowest BCUT2D eigenvalue weighted by molar-refractivity contribution is 0.519. The monoisotopic (exact) mass is 246 g/mol. The lowest BCUT2D eigenvalue weighted by Gasteiger charge is -2.21. The van der Waals surface area contributed by atoms with Crippen LogP contribution in [0.2, 0.25) is 0 Å². The summed E-state index contributed by atoms with van der Waals surface area (Å²) in [6, 6.07) is 3.69. The van der Waals surface area contributed by atoms with Crippen LogP contribution in [0.15, 0.2) is 29.4 Å². The summed E-state index contributed by atoms with van der Waals surface area (Å²) < 4.78 is 12.1. The molecule has 3 nitrogen and oxygen atoms in total. The van der Waals surface area contributed by atoms with E-state index in [9.17, 15) is 4.21 Å². The SMILES string of the molecule is Cl.O=S(c1ccncc1)C1CCNCC1. The smallest absolute Gasteiger partial charge is 0.0562 e. The lowest BCUT2D eigenvalue weighted by atomic mass is 10.2. The van der Waals surface area contributed by atoms with Crippen molar-refractivity contribution in [2.45, 2.75) is 23.0 Å². The zero-order chi connectivity index (χ0) is 9.80. The minimum atomic E-state index is -0.850. The van der Waals surface area contributed by atoms with Crippen LogP contribution in [0.1, 0.15) is 12.8 Å². The van der Waals surface area contributed by atoms with Crippen LogP contribution >= 0.6 is 12.4 Å². The van der Waals surface area contributed by atoms with Crippen LogP contribution in [0.4, 0.5) is 0 Å². The predicted octanol–water partition coefficient (Wildman–Crippen LogP) is 1.36. The molecule has 1 unspecified atom stereocenters. The molecule has 1 aliphatic heterocycles. The molecule has 1 aromatic rings. The molecule has 0 radical (unpaired) electrons. The Hall–Kier alpha value is -0.450. The summed E-state index contributed by atoms with van der Waals surface area (Å²) in [5, 5.41) is 3.59. The van der Waals surface area contributed by atoms with E-state index in [4.69, 9.17) is 0 Å². The van der Waals surface area contributed by atoms with Gasteiger partial charge in [0.1, 0.15) is 0 Å². The topological polar surface area (TPSA) is 42.0 Å². The Morgan fingerprint density at radius 2 is 1.87 bits per heavy atom. The maximum Gasteiger partial charge on any atom is 0.0562 e. The van der Waals surface area contributed by atoms with E-state index in [1.807, 2.05) is 12.1 Å². The standard InChI is InChI=1S/C10H14N2OS.ClH/c13-14(9-1-5-11-6-2-9)10-3-7-12-8-4-10;/h1-2,5-6,10,12H,3-4,7-8H2;1H. The van der Waals surface area contributed by atoms with Crippen molar-refractivity contribution < 1.29 is 4.21 Å². The highest BCUT2D eigenvalue weighted by Crippen LogP contribution is 2.17. The Morgan fingerprint density at radius 1 is 1.27 bits per heavy atom. The van der Waals surface area contributed by atoms with Gasteiger partial charge in [-0.1, -0.05) is 0 Å². The molecule has 5 heteroatoms. The fourth-order valence-corrected chi connectivity index (χ4v) is 3.11. The first-order valence-corrected chi connectivity index (χ1v) is 6.10. The number of aromatic nitrogens is 1. The van der Waals surface area contributed by atoms with E-state index in [-0.39, 0.29) is 12.4 Å². The van der Waals surface area contributed by atoms with Crippen molar-refractivity contribution in [3.05, 3.63) is 24.5 Å². The fraction of sp³-hybridized carbons (Fsp3) is 0.500. The number of piperidine rings is 1. The summed E-state index contributed by atoms with van der Waals surface area (Å²) in [7, 11) is -0.850.